The van der Waals surface area contributed by atoms with Gasteiger partial charge in [-0.1, -0.05) is 100 Å². The molecule has 2 aromatic rings. The van der Waals surface area contributed by atoms with E-state index in [0.29, 0.717) is 0 Å². The van der Waals surface area contributed by atoms with Gasteiger partial charge in [0.05, 0.1) is 0 Å². The average molecular weight is 309 g/mol. The van der Waals surface area contributed by atoms with Crippen LogP contribution in [0, 0.1) is 12.8 Å². The van der Waals surface area contributed by atoms with Crippen LogP contribution in [0.5, 0.6) is 0 Å². The molecule has 0 aromatic heterocycles. The molecular formula is C22H29O. The normalized spacial score (nSPS) is 13.0. The Morgan fingerprint density at radius 1 is 0.870 bits per heavy atom. The average Bonchev–Trinajstić information content (AvgIpc) is 2.62. The zero-order chi connectivity index (χ0) is 16.5. The van der Waals surface area contributed by atoms with Gasteiger partial charge in [-0.25, -0.2) is 0 Å². The van der Waals surface area contributed by atoms with Crippen molar-refractivity contribution in [3.63, 3.8) is 0 Å². The van der Waals surface area contributed by atoms with Crippen molar-refractivity contribution in [3.05, 3.63) is 78.7 Å². The van der Waals surface area contributed by atoms with Crippen LogP contribution in [0.4, 0.5) is 0 Å². The smallest absolute Gasteiger partial charge is 0.117 e. The van der Waals surface area contributed by atoms with Gasteiger partial charge >= 0.3 is 0 Å². The molecule has 0 aliphatic carbocycles. The molecule has 1 N–H and O–H groups in total. The summed E-state index contributed by atoms with van der Waals surface area (Å²) in [6, 6.07) is 20.2. The fourth-order valence-corrected chi connectivity index (χ4v) is 3.47. The number of aliphatic hydroxyl groups is 1. The van der Waals surface area contributed by atoms with Crippen LogP contribution in [0.1, 0.15) is 56.6 Å². The minimum atomic E-state index is -0.937. The van der Waals surface area contributed by atoms with Crippen molar-refractivity contribution in [2.75, 3.05) is 0 Å². The molecule has 0 spiro atoms. The molecule has 0 aliphatic rings. The highest BCUT2D eigenvalue weighted by molar-refractivity contribution is 5.36. The van der Waals surface area contributed by atoms with Crippen molar-refractivity contribution < 1.29 is 5.11 Å². The Hall–Kier alpha value is -1.60. The van der Waals surface area contributed by atoms with Crippen LogP contribution in [0.25, 0.3) is 0 Å². The van der Waals surface area contributed by atoms with Gasteiger partial charge in [0.2, 0.25) is 0 Å². The summed E-state index contributed by atoms with van der Waals surface area (Å²) in [5, 5.41) is 11.8. The van der Waals surface area contributed by atoms with E-state index < -0.39 is 5.60 Å². The zero-order valence-electron chi connectivity index (χ0n) is 14.2. The van der Waals surface area contributed by atoms with E-state index in [4.69, 9.17) is 0 Å². The van der Waals surface area contributed by atoms with Crippen LogP contribution in [0.2, 0.25) is 0 Å². The fraction of sp³-hybridized carbons (Fsp3) is 0.409. The molecule has 1 radical (unpaired) electrons. The Labute approximate surface area is 141 Å². The second-order valence-electron chi connectivity index (χ2n) is 6.33. The van der Waals surface area contributed by atoms with Crippen molar-refractivity contribution in [1.82, 2.24) is 0 Å². The molecule has 0 bridgehead atoms. The van der Waals surface area contributed by atoms with E-state index in [-0.39, 0.29) is 5.92 Å². The van der Waals surface area contributed by atoms with E-state index in [2.05, 4.69) is 13.8 Å². The van der Waals surface area contributed by atoms with Crippen molar-refractivity contribution in [3.8, 4) is 0 Å². The molecule has 1 unspecified atom stereocenters. The quantitative estimate of drug-likeness (QED) is 0.586. The Morgan fingerprint density at radius 3 is 1.83 bits per heavy atom. The molecule has 0 heterocycles. The summed E-state index contributed by atoms with van der Waals surface area (Å²) in [5.74, 6) is 0.191. The van der Waals surface area contributed by atoms with Crippen molar-refractivity contribution in [1.29, 1.82) is 0 Å². The topological polar surface area (TPSA) is 20.2 Å². The van der Waals surface area contributed by atoms with Crippen LogP contribution in [-0.4, -0.2) is 5.11 Å². The fourth-order valence-electron chi connectivity index (χ4n) is 3.47. The highest BCUT2D eigenvalue weighted by atomic mass is 16.3. The lowest BCUT2D eigenvalue weighted by atomic mass is 9.72. The van der Waals surface area contributed by atoms with E-state index in [9.17, 15) is 5.11 Å². The summed E-state index contributed by atoms with van der Waals surface area (Å²) < 4.78 is 0. The predicted molar refractivity (Wildman–Crippen MR) is 98.1 cm³/mol. The van der Waals surface area contributed by atoms with Gasteiger partial charge < -0.3 is 5.11 Å². The van der Waals surface area contributed by atoms with Gasteiger partial charge in [-0.2, -0.15) is 0 Å². The number of hydrogen-bond donors (Lipinski definition) is 1. The van der Waals surface area contributed by atoms with E-state index in [0.717, 1.165) is 36.8 Å². The van der Waals surface area contributed by atoms with Crippen LogP contribution in [-0.2, 0) is 5.60 Å². The zero-order valence-corrected chi connectivity index (χ0v) is 14.2. The monoisotopic (exact) mass is 309 g/mol. The van der Waals surface area contributed by atoms with Gasteiger partial charge in [-0.05, 0) is 29.9 Å². The lowest BCUT2D eigenvalue weighted by Crippen LogP contribution is -2.36. The summed E-state index contributed by atoms with van der Waals surface area (Å²) in [5.41, 5.74) is 1.04. The van der Waals surface area contributed by atoms with Crippen LogP contribution >= 0.6 is 0 Å². The predicted octanol–water partition coefficient (Wildman–Crippen LogP) is 5.73. The number of unbranched alkanes of at least 4 members (excludes halogenated alkanes) is 2. The molecule has 23 heavy (non-hydrogen) atoms. The van der Waals surface area contributed by atoms with Gasteiger partial charge in [-0.3, -0.25) is 0 Å². The van der Waals surface area contributed by atoms with Crippen LogP contribution in [0.3, 0.4) is 0 Å². The number of rotatable bonds is 9. The first-order valence-electron chi connectivity index (χ1n) is 8.86. The van der Waals surface area contributed by atoms with Crippen LogP contribution in [0.15, 0.2) is 60.7 Å². The summed E-state index contributed by atoms with van der Waals surface area (Å²) >= 11 is 0. The summed E-state index contributed by atoms with van der Waals surface area (Å²) in [4.78, 5) is 0. The first-order chi connectivity index (χ1) is 11.2. The van der Waals surface area contributed by atoms with E-state index in [1.807, 2.05) is 60.7 Å². The second-order valence-corrected chi connectivity index (χ2v) is 6.33. The molecule has 1 atom stereocenters. The van der Waals surface area contributed by atoms with Crippen molar-refractivity contribution in [2.24, 2.45) is 5.92 Å². The molecule has 0 aliphatic heterocycles. The SMILES string of the molecule is [CH2]CCC(CCCCC)C(O)(c1ccccc1)c1ccccc1. The third-order valence-electron chi connectivity index (χ3n) is 4.73. The first-order valence-corrected chi connectivity index (χ1v) is 8.86. The Bertz CT molecular complexity index is 507. The molecule has 0 saturated heterocycles. The van der Waals surface area contributed by atoms with Crippen molar-refractivity contribution in [2.45, 2.75) is 51.0 Å². The molecule has 0 amide bonds. The number of benzene rings is 2. The molecule has 0 fully saturated rings. The lowest BCUT2D eigenvalue weighted by molar-refractivity contribution is 0.00723. The van der Waals surface area contributed by atoms with E-state index in [1.165, 1.54) is 12.8 Å². The Morgan fingerprint density at radius 2 is 1.39 bits per heavy atom. The minimum Gasteiger partial charge on any atom is -0.380 e. The van der Waals surface area contributed by atoms with Gasteiger partial charge in [-0.15, -0.1) is 0 Å². The molecule has 2 rings (SSSR count). The molecule has 1 nitrogen and oxygen atoms in total. The summed E-state index contributed by atoms with van der Waals surface area (Å²) in [7, 11) is 0. The summed E-state index contributed by atoms with van der Waals surface area (Å²) in [6.07, 6.45) is 6.38. The molecule has 0 saturated carbocycles. The first kappa shape index (κ1) is 17.7. The Balaban J connectivity index is 2.42. The van der Waals surface area contributed by atoms with Gasteiger partial charge in [0, 0.05) is 0 Å². The van der Waals surface area contributed by atoms with E-state index in [1.54, 1.807) is 0 Å². The molecule has 123 valence electrons. The molecule has 1 heteroatoms. The second kappa shape index (κ2) is 8.88. The van der Waals surface area contributed by atoms with Gasteiger partial charge in [0.1, 0.15) is 5.60 Å². The largest absolute Gasteiger partial charge is 0.380 e. The standard InChI is InChI=1S/C22H29O/c1-3-5-8-14-19(13-4-2)22(23,20-15-9-6-10-16-20)21-17-11-7-12-18-21/h6-7,9-12,15-19,23H,2-5,8,13-14H2,1H3. The summed E-state index contributed by atoms with van der Waals surface area (Å²) in [6.45, 7) is 6.26. The highest BCUT2D eigenvalue weighted by Crippen LogP contribution is 2.41. The minimum absolute atomic E-state index is 0.191. The van der Waals surface area contributed by atoms with Crippen LogP contribution < -0.4 is 0 Å². The highest BCUT2D eigenvalue weighted by Gasteiger charge is 2.38. The molecule has 2 aromatic carbocycles. The Kier molecular flexibility index (Phi) is 6.85. The lowest BCUT2D eigenvalue weighted by Gasteiger charge is -2.37. The van der Waals surface area contributed by atoms with E-state index >= 15 is 0 Å². The van der Waals surface area contributed by atoms with Crippen molar-refractivity contribution >= 4 is 0 Å². The number of hydrogen-bond acceptors (Lipinski definition) is 1. The maximum atomic E-state index is 11.8. The third kappa shape index (κ3) is 4.23. The maximum Gasteiger partial charge on any atom is 0.117 e. The molecular weight excluding hydrogens is 280 g/mol. The van der Waals surface area contributed by atoms with Gasteiger partial charge in [0.25, 0.3) is 0 Å². The van der Waals surface area contributed by atoms with Gasteiger partial charge in [0.15, 0.2) is 0 Å². The maximum absolute atomic E-state index is 11.8. The third-order valence-corrected chi connectivity index (χ3v) is 4.73.